The van der Waals surface area contributed by atoms with E-state index in [9.17, 15) is 0 Å². The molecule has 0 amide bonds. The Morgan fingerprint density at radius 2 is 1.05 bits per heavy atom. The van der Waals surface area contributed by atoms with E-state index in [0.29, 0.717) is 0 Å². The van der Waals surface area contributed by atoms with Crippen LogP contribution in [-0.4, -0.2) is 11.8 Å². The van der Waals surface area contributed by atoms with Gasteiger partial charge in [-0.2, -0.15) is 0 Å². The van der Waals surface area contributed by atoms with Gasteiger partial charge in [0.2, 0.25) is 0 Å². The summed E-state index contributed by atoms with van der Waals surface area (Å²) in [6, 6.07) is 0. The average Bonchev–Trinajstić information content (AvgIpc) is 2.59. The van der Waals surface area contributed by atoms with Crippen molar-refractivity contribution >= 4 is 8.58 Å². The van der Waals surface area contributed by atoms with Crippen LogP contribution in [0.1, 0.15) is 122 Å². The molecular weight excluding hydrogens is 283 g/mol. The van der Waals surface area contributed by atoms with Gasteiger partial charge in [0.05, 0.1) is 0 Å². The highest BCUT2D eigenvalue weighted by Crippen LogP contribution is 2.31. The fourth-order valence-corrected chi connectivity index (χ4v) is 5.17. The SMILES string of the molecule is CCCCCCCCCC[P]C1CCCCCCCCCC1. The summed E-state index contributed by atoms with van der Waals surface area (Å²) >= 11 is 0. The van der Waals surface area contributed by atoms with E-state index in [2.05, 4.69) is 6.92 Å². The van der Waals surface area contributed by atoms with Crippen molar-refractivity contribution in [1.82, 2.24) is 0 Å². The molecule has 0 saturated heterocycles. The molecule has 1 rings (SSSR count). The molecule has 0 aromatic heterocycles. The normalized spacial score (nSPS) is 19.5. The van der Waals surface area contributed by atoms with E-state index in [1.165, 1.54) is 122 Å². The van der Waals surface area contributed by atoms with Gasteiger partial charge in [0, 0.05) is 0 Å². The Balaban J connectivity index is 1.96. The van der Waals surface area contributed by atoms with Gasteiger partial charge in [0.25, 0.3) is 0 Å². The molecule has 1 saturated carbocycles. The zero-order valence-corrected chi connectivity index (χ0v) is 16.4. The Morgan fingerprint density at radius 3 is 1.59 bits per heavy atom. The van der Waals surface area contributed by atoms with Crippen LogP contribution in [0.5, 0.6) is 0 Å². The minimum atomic E-state index is 1.04. The molecule has 1 fully saturated rings. The number of rotatable bonds is 10. The Labute approximate surface area is 143 Å². The van der Waals surface area contributed by atoms with Gasteiger partial charge in [-0.25, -0.2) is 0 Å². The van der Waals surface area contributed by atoms with Crippen molar-refractivity contribution in [3.63, 3.8) is 0 Å². The molecule has 0 aromatic rings. The second kappa shape index (κ2) is 16.3. The standard InChI is InChI=1S/C21H42P/c1-2-3-4-5-6-11-14-17-20-22-21-18-15-12-9-7-8-10-13-16-19-21/h21H,2-20H2,1H3. The predicted octanol–water partition coefficient (Wildman–Crippen LogP) is 8.36. The fourth-order valence-electron chi connectivity index (χ4n) is 3.67. The van der Waals surface area contributed by atoms with Gasteiger partial charge in [-0.15, -0.1) is 0 Å². The van der Waals surface area contributed by atoms with Gasteiger partial charge in [0.1, 0.15) is 0 Å². The smallest absolute Gasteiger partial charge is 0.0170 e. The van der Waals surface area contributed by atoms with Crippen LogP contribution in [0.25, 0.3) is 0 Å². The molecule has 1 aliphatic rings. The van der Waals surface area contributed by atoms with Gasteiger partial charge in [-0.05, 0) is 31.1 Å². The van der Waals surface area contributed by atoms with Crippen LogP contribution in [0, 0.1) is 0 Å². The molecule has 1 aliphatic carbocycles. The summed E-state index contributed by atoms with van der Waals surface area (Å²) in [5.41, 5.74) is 1.04. The maximum atomic E-state index is 2.31. The molecule has 0 spiro atoms. The van der Waals surface area contributed by atoms with Gasteiger partial charge < -0.3 is 0 Å². The van der Waals surface area contributed by atoms with E-state index in [-0.39, 0.29) is 0 Å². The molecule has 0 N–H and O–H groups in total. The summed E-state index contributed by atoms with van der Waals surface area (Å²) in [6.45, 7) is 2.31. The second-order valence-electron chi connectivity index (χ2n) is 7.44. The van der Waals surface area contributed by atoms with Crippen LogP contribution in [0.3, 0.4) is 0 Å². The third-order valence-corrected chi connectivity index (χ3v) is 6.83. The molecule has 0 bridgehead atoms. The van der Waals surface area contributed by atoms with Crippen LogP contribution < -0.4 is 0 Å². The molecule has 131 valence electrons. The monoisotopic (exact) mass is 325 g/mol. The topological polar surface area (TPSA) is 0 Å². The van der Waals surface area contributed by atoms with Gasteiger partial charge in [-0.3, -0.25) is 0 Å². The van der Waals surface area contributed by atoms with Crippen LogP contribution in [0.2, 0.25) is 0 Å². The highest BCUT2D eigenvalue weighted by atomic mass is 31.1. The number of hydrogen-bond acceptors (Lipinski definition) is 0. The fraction of sp³-hybridized carbons (Fsp3) is 1.00. The molecule has 0 unspecified atom stereocenters. The summed E-state index contributed by atoms with van der Waals surface area (Å²) in [7, 11) is 1.80. The first-order valence-corrected chi connectivity index (χ1v) is 11.7. The van der Waals surface area contributed by atoms with Crippen molar-refractivity contribution < 1.29 is 0 Å². The molecule has 22 heavy (non-hydrogen) atoms. The maximum Gasteiger partial charge on any atom is -0.0170 e. The quantitative estimate of drug-likeness (QED) is 0.279. The van der Waals surface area contributed by atoms with E-state index in [0.717, 1.165) is 5.66 Å². The summed E-state index contributed by atoms with van der Waals surface area (Å²) < 4.78 is 0. The van der Waals surface area contributed by atoms with Crippen molar-refractivity contribution in [1.29, 1.82) is 0 Å². The van der Waals surface area contributed by atoms with E-state index in [1.54, 1.807) is 8.58 Å². The molecule has 0 atom stereocenters. The van der Waals surface area contributed by atoms with Gasteiger partial charge in [0.15, 0.2) is 0 Å². The number of unbranched alkanes of at least 4 members (excludes halogenated alkanes) is 7. The van der Waals surface area contributed by atoms with Crippen molar-refractivity contribution in [2.75, 3.05) is 6.16 Å². The van der Waals surface area contributed by atoms with E-state index >= 15 is 0 Å². The molecule has 0 nitrogen and oxygen atoms in total. The minimum absolute atomic E-state index is 1.04. The highest BCUT2D eigenvalue weighted by Gasteiger charge is 2.10. The summed E-state index contributed by atoms with van der Waals surface area (Å²) in [6.07, 6.45) is 28.3. The van der Waals surface area contributed by atoms with Gasteiger partial charge in [-0.1, -0.05) is 112 Å². The lowest BCUT2D eigenvalue weighted by molar-refractivity contribution is 0.582. The molecule has 1 radical (unpaired) electrons. The first kappa shape index (κ1) is 20.5. The van der Waals surface area contributed by atoms with Crippen molar-refractivity contribution in [2.24, 2.45) is 0 Å². The number of hydrogen-bond donors (Lipinski definition) is 0. The zero-order valence-electron chi connectivity index (χ0n) is 15.5. The molecule has 1 heteroatoms. The largest absolute Gasteiger partial charge is 0.0775 e. The van der Waals surface area contributed by atoms with E-state index in [1.807, 2.05) is 0 Å². The van der Waals surface area contributed by atoms with Crippen LogP contribution in [0.4, 0.5) is 0 Å². The van der Waals surface area contributed by atoms with Crippen LogP contribution >= 0.6 is 8.58 Å². The predicted molar refractivity (Wildman–Crippen MR) is 104 cm³/mol. The average molecular weight is 326 g/mol. The van der Waals surface area contributed by atoms with Crippen LogP contribution in [-0.2, 0) is 0 Å². The molecule has 0 aliphatic heterocycles. The summed E-state index contributed by atoms with van der Waals surface area (Å²) in [4.78, 5) is 0. The van der Waals surface area contributed by atoms with Crippen molar-refractivity contribution in [3.8, 4) is 0 Å². The third kappa shape index (κ3) is 12.9. The maximum absolute atomic E-state index is 2.31. The van der Waals surface area contributed by atoms with E-state index < -0.39 is 0 Å². The lowest BCUT2D eigenvalue weighted by Gasteiger charge is -2.15. The second-order valence-corrected chi connectivity index (χ2v) is 8.98. The highest BCUT2D eigenvalue weighted by molar-refractivity contribution is 7.38. The molecule has 0 aromatic carbocycles. The molecular formula is C21H42P. The Morgan fingerprint density at radius 1 is 0.591 bits per heavy atom. The Kier molecular flexibility index (Phi) is 15.2. The lowest BCUT2D eigenvalue weighted by atomic mass is 10.1. The third-order valence-electron chi connectivity index (χ3n) is 5.22. The molecule has 0 heterocycles. The first-order chi connectivity index (χ1) is 10.9. The van der Waals surface area contributed by atoms with Gasteiger partial charge >= 0.3 is 0 Å². The zero-order chi connectivity index (χ0) is 15.7. The van der Waals surface area contributed by atoms with E-state index in [4.69, 9.17) is 0 Å². The first-order valence-electron chi connectivity index (χ1n) is 10.6. The van der Waals surface area contributed by atoms with Crippen molar-refractivity contribution in [2.45, 2.75) is 128 Å². The summed E-state index contributed by atoms with van der Waals surface area (Å²) in [5, 5.41) is 0. The summed E-state index contributed by atoms with van der Waals surface area (Å²) in [5.74, 6) is 0. The lowest BCUT2D eigenvalue weighted by Crippen LogP contribution is -2.02. The van der Waals surface area contributed by atoms with Crippen molar-refractivity contribution in [3.05, 3.63) is 0 Å². The minimum Gasteiger partial charge on any atom is -0.0775 e. The Hall–Kier alpha value is 0.430. The van der Waals surface area contributed by atoms with Crippen LogP contribution in [0.15, 0.2) is 0 Å². The Bertz CT molecular complexity index is 202.